The first kappa shape index (κ1) is 17.5. The van der Waals surface area contributed by atoms with Gasteiger partial charge in [-0.15, -0.1) is 13.2 Å². The molecule has 1 heterocycles. The number of halogens is 6. The zero-order chi connectivity index (χ0) is 16.6. The highest BCUT2D eigenvalue weighted by Crippen LogP contribution is 2.40. The molecule has 0 aliphatic heterocycles. The lowest BCUT2D eigenvalue weighted by Gasteiger charge is -2.18. The highest BCUT2D eigenvalue weighted by Gasteiger charge is 2.43. The molecule has 0 saturated carbocycles. The van der Waals surface area contributed by atoms with Crippen molar-refractivity contribution < 1.29 is 39.5 Å². The van der Waals surface area contributed by atoms with E-state index in [0.717, 1.165) is 0 Å². The Labute approximate surface area is 113 Å². The topological polar surface area (TPSA) is 108 Å². The second-order valence-corrected chi connectivity index (χ2v) is 5.10. The summed E-state index contributed by atoms with van der Waals surface area (Å²) in [6.45, 7) is -0.909. The first-order valence-electron chi connectivity index (χ1n) is 4.85. The van der Waals surface area contributed by atoms with E-state index in [0.29, 0.717) is 6.07 Å². The van der Waals surface area contributed by atoms with E-state index in [1.54, 1.807) is 0 Å². The number of nitrogens with zero attached hydrogens (tertiary/aromatic N) is 1. The van der Waals surface area contributed by atoms with Crippen LogP contribution in [0, 0.1) is 0 Å². The molecule has 0 saturated heterocycles. The van der Waals surface area contributed by atoms with E-state index in [1.807, 2.05) is 0 Å². The highest BCUT2D eigenvalue weighted by atomic mass is 32.2. The Bertz CT molecular complexity index is 640. The van der Waals surface area contributed by atoms with Gasteiger partial charge < -0.3 is 10.5 Å². The van der Waals surface area contributed by atoms with Crippen LogP contribution in [0.15, 0.2) is 11.1 Å². The maximum Gasteiger partial charge on any atom is 0.574 e. The van der Waals surface area contributed by atoms with Crippen molar-refractivity contribution >= 4 is 10.0 Å². The van der Waals surface area contributed by atoms with Crippen LogP contribution in [0.25, 0.3) is 0 Å². The largest absolute Gasteiger partial charge is 0.574 e. The van der Waals surface area contributed by atoms with Crippen molar-refractivity contribution in [2.45, 2.75) is 24.1 Å². The monoisotopic (exact) mass is 339 g/mol. The van der Waals surface area contributed by atoms with Crippen LogP contribution in [0.3, 0.4) is 0 Å². The molecule has 0 radical (unpaired) electrons. The number of aromatic nitrogens is 1. The van der Waals surface area contributed by atoms with Crippen LogP contribution in [0.5, 0.6) is 5.88 Å². The van der Waals surface area contributed by atoms with Gasteiger partial charge in [0.2, 0.25) is 5.88 Å². The minimum Gasteiger partial charge on any atom is -0.387 e. The molecule has 6 nitrogen and oxygen atoms in total. The van der Waals surface area contributed by atoms with E-state index in [4.69, 9.17) is 5.73 Å². The third kappa shape index (κ3) is 4.44. The molecule has 0 aliphatic carbocycles. The molecule has 0 aromatic carbocycles. The van der Waals surface area contributed by atoms with E-state index >= 15 is 0 Å². The lowest BCUT2D eigenvalue weighted by Crippen LogP contribution is -2.25. The Morgan fingerprint density at radius 1 is 1.19 bits per heavy atom. The Hall–Kier alpha value is -1.60. The summed E-state index contributed by atoms with van der Waals surface area (Å²) in [5.41, 5.74) is 2.11. The molecule has 4 N–H and O–H groups in total. The second-order valence-electron chi connectivity index (χ2n) is 3.59. The Morgan fingerprint density at radius 2 is 1.71 bits per heavy atom. The summed E-state index contributed by atoms with van der Waals surface area (Å²) in [4.78, 5) is 2.67. The van der Waals surface area contributed by atoms with E-state index < -0.39 is 51.1 Å². The number of ether oxygens (including phenoxy) is 1. The summed E-state index contributed by atoms with van der Waals surface area (Å²) in [6.07, 6.45) is -10.8. The van der Waals surface area contributed by atoms with Gasteiger partial charge >= 0.3 is 12.5 Å². The Kier molecular flexibility index (Phi) is 4.41. The number of primary sulfonamides is 1. The van der Waals surface area contributed by atoms with Gasteiger partial charge in [0.1, 0.15) is 5.56 Å². The highest BCUT2D eigenvalue weighted by molar-refractivity contribution is 7.89. The Balaban J connectivity index is 3.69. The van der Waals surface area contributed by atoms with Crippen LogP contribution >= 0.6 is 0 Å². The average molecular weight is 339 g/mol. The molecule has 0 fully saturated rings. The number of hydrogen-bond donors (Lipinski definition) is 2. The second kappa shape index (κ2) is 5.31. The number of pyridine rings is 1. The van der Waals surface area contributed by atoms with Gasteiger partial charge in [-0.05, 0) is 11.6 Å². The molecule has 0 amide bonds. The van der Waals surface area contributed by atoms with Gasteiger partial charge in [0, 0.05) is 6.54 Å². The number of sulfonamides is 1. The van der Waals surface area contributed by atoms with Gasteiger partial charge in [-0.3, -0.25) is 0 Å². The number of alkyl halides is 6. The first-order valence-corrected chi connectivity index (χ1v) is 6.40. The van der Waals surface area contributed by atoms with Crippen LogP contribution in [0.4, 0.5) is 26.3 Å². The minimum absolute atomic E-state index is 0.335. The van der Waals surface area contributed by atoms with E-state index in [-0.39, 0.29) is 0 Å². The fourth-order valence-electron chi connectivity index (χ4n) is 1.34. The third-order valence-corrected chi connectivity index (χ3v) is 2.84. The van der Waals surface area contributed by atoms with E-state index in [9.17, 15) is 34.8 Å². The molecule has 1 aromatic heterocycles. The zero-order valence-corrected chi connectivity index (χ0v) is 10.6. The average Bonchev–Trinajstić information content (AvgIpc) is 2.22. The molecule has 0 spiro atoms. The van der Waals surface area contributed by atoms with Crippen LogP contribution < -0.4 is 15.6 Å². The molecule has 0 atom stereocenters. The number of hydrogen-bond acceptors (Lipinski definition) is 5. The molecule has 0 aliphatic rings. The molecule has 0 bridgehead atoms. The van der Waals surface area contributed by atoms with Crippen molar-refractivity contribution in [1.82, 2.24) is 4.98 Å². The molecule has 0 unspecified atom stereocenters. The van der Waals surface area contributed by atoms with E-state index in [2.05, 4.69) is 14.9 Å². The molecule has 21 heavy (non-hydrogen) atoms. The van der Waals surface area contributed by atoms with Crippen LogP contribution in [0.2, 0.25) is 0 Å². The number of rotatable bonds is 3. The maximum absolute atomic E-state index is 12.8. The molecular weight excluding hydrogens is 332 g/mol. The summed E-state index contributed by atoms with van der Waals surface area (Å²) >= 11 is 0. The van der Waals surface area contributed by atoms with Gasteiger partial charge in [0.25, 0.3) is 10.0 Å². The van der Waals surface area contributed by atoms with Gasteiger partial charge in [-0.25, -0.2) is 13.6 Å². The molecule has 120 valence electrons. The van der Waals surface area contributed by atoms with Gasteiger partial charge in [0.15, 0.2) is 5.03 Å². The number of nitrogens with two attached hydrogens (primary N) is 2. The molecule has 1 aromatic rings. The summed E-state index contributed by atoms with van der Waals surface area (Å²) in [5.74, 6) is -1.98. The van der Waals surface area contributed by atoms with Crippen molar-refractivity contribution in [3.63, 3.8) is 0 Å². The lowest BCUT2D eigenvalue weighted by molar-refractivity contribution is -0.278. The van der Waals surface area contributed by atoms with Crippen molar-refractivity contribution in [3.05, 3.63) is 17.2 Å². The van der Waals surface area contributed by atoms with Crippen molar-refractivity contribution in [2.24, 2.45) is 10.9 Å². The van der Waals surface area contributed by atoms with Crippen molar-refractivity contribution in [1.29, 1.82) is 0 Å². The van der Waals surface area contributed by atoms with Gasteiger partial charge in [-0.2, -0.15) is 18.2 Å². The predicted octanol–water partition coefficient (Wildman–Crippen LogP) is 1.11. The van der Waals surface area contributed by atoms with Gasteiger partial charge in [-0.1, -0.05) is 0 Å². The fourth-order valence-corrected chi connectivity index (χ4v) is 1.86. The summed E-state index contributed by atoms with van der Waals surface area (Å²) in [7, 11) is -4.66. The third-order valence-electron chi connectivity index (χ3n) is 2.05. The first-order chi connectivity index (χ1) is 9.25. The van der Waals surface area contributed by atoms with Crippen LogP contribution in [-0.2, 0) is 22.7 Å². The standard InChI is InChI=1S/C8H7F6N3O3S/c9-7(10,11)5-3(2-15)1-4(21(16,18)19)17-6(5)20-8(12,13)14/h1H,2,15H2,(H2,16,18,19). The summed E-state index contributed by atoms with van der Waals surface area (Å²) in [6, 6.07) is 0.335. The summed E-state index contributed by atoms with van der Waals surface area (Å²) < 4.78 is 99.9. The van der Waals surface area contributed by atoms with Crippen molar-refractivity contribution in [2.75, 3.05) is 0 Å². The van der Waals surface area contributed by atoms with Crippen molar-refractivity contribution in [3.8, 4) is 5.88 Å². The molecule has 13 heteroatoms. The predicted molar refractivity (Wildman–Crippen MR) is 55.2 cm³/mol. The summed E-state index contributed by atoms with van der Waals surface area (Å²) in [5, 5.41) is 3.40. The zero-order valence-electron chi connectivity index (χ0n) is 9.79. The molecule has 1 rings (SSSR count). The maximum atomic E-state index is 12.8. The SMILES string of the molecule is NCc1cc(S(N)(=O)=O)nc(OC(F)(F)F)c1C(F)(F)F. The van der Waals surface area contributed by atoms with Crippen LogP contribution in [0.1, 0.15) is 11.1 Å². The fraction of sp³-hybridized carbons (Fsp3) is 0.375. The van der Waals surface area contributed by atoms with Crippen LogP contribution in [-0.4, -0.2) is 19.8 Å². The minimum atomic E-state index is -5.52. The molecular formula is C8H7F6N3O3S. The lowest BCUT2D eigenvalue weighted by atomic mass is 10.1. The Morgan fingerprint density at radius 3 is 2.05 bits per heavy atom. The smallest absolute Gasteiger partial charge is 0.387 e. The quantitative estimate of drug-likeness (QED) is 0.802. The van der Waals surface area contributed by atoms with Gasteiger partial charge in [0.05, 0.1) is 0 Å². The normalized spacial score (nSPS) is 13.3. The van der Waals surface area contributed by atoms with E-state index in [1.165, 1.54) is 0 Å².